The van der Waals surface area contributed by atoms with Crippen molar-refractivity contribution in [1.29, 1.82) is 10.5 Å². The van der Waals surface area contributed by atoms with Gasteiger partial charge >= 0.3 is 0 Å². The molecular weight excluding hydrogens is 406 g/mol. The molecule has 0 fully saturated rings. The molecule has 6 rings (SSSR count). The summed E-state index contributed by atoms with van der Waals surface area (Å²) < 4.78 is 0. The molecule has 4 aromatic carbocycles. The summed E-state index contributed by atoms with van der Waals surface area (Å²) in [6.07, 6.45) is 0. The number of aromatic amines is 1. The smallest absolute Gasteiger partial charge is 0.163 e. The van der Waals surface area contributed by atoms with Crippen molar-refractivity contribution in [2.45, 2.75) is 0 Å². The summed E-state index contributed by atoms with van der Waals surface area (Å²) >= 11 is 0. The summed E-state index contributed by atoms with van der Waals surface area (Å²) in [7, 11) is 0. The van der Waals surface area contributed by atoms with Crippen molar-refractivity contribution in [1.82, 2.24) is 15.0 Å². The average Bonchev–Trinajstić information content (AvgIpc) is 3.34. The Morgan fingerprint density at radius 3 is 1.94 bits per heavy atom. The van der Waals surface area contributed by atoms with Gasteiger partial charge in [0.15, 0.2) is 5.82 Å². The zero-order chi connectivity index (χ0) is 22.4. The first-order valence-electron chi connectivity index (χ1n) is 10.5. The number of benzene rings is 4. The number of aromatic nitrogens is 3. The first kappa shape index (κ1) is 18.7. The fourth-order valence-electron chi connectivity index (χ4n) is 4.41. The van der Waals surface area contributed by atoms with Gasteiger partial charge < -0.3 is 4.98 Å². The first-order valence-corrected chi connectivity index (χ1v) is 10.5. The van der Waals surface area contributed by atoms with Gasteiger partial charge in [-0.25, -0.2) is 9.97 Å². The molecule has 6 aromatic rings. The summed E-state index contributed by atoms with van der Waals surface area (Å²) in [5, 5.41) is 22.2. The highest BCUT2D eigenvalue weighted by Crippen LogP contribution is 2.36. The van der Waals surface area contributed by atoms with Crippen LogP contribution in [0.1, 0.15) is 11.1 Å². The van der Waals surface area contributed by atoms with Crippen LogP contribution in [-0.2, 0) is 0 Å². The quantitative estimate of drug-likeness (QED) is 0.330. The zero-order valence-corrected chi connectivity index (χ0v) is 17.4. The maximum Gasteiger partial charge on any atom is 0.163 e. The summed E-state index contributed by atoms with van der Waals surface area (Å²) in [6, 6.07) is 31.8. The largest absolute Gasteiger partial charge is 0.354 e. The molecule has 0 bridgehead atoms. The van der Waals surface area contributed by atoms with Crippen LogP contribution >= 0.6 is 0 Å². The van der Waals surface area contributed by atoms with E-state index in [1.54, 1.807) is 18.2 Å². The van der Waals surface area contributed by atoms with E-state index in [4.69, 9.17) is 9.97 Å². The number of hydrogen-bond donors (Lipinski definition) is 1. The Labute approximate surface area is 189 Å². The van der Waals surface area contributed by atoms with Gasteiger partial charge in [0.05, 0.1) is 39.9 Å². The zero-order valence-electron chi connectivity index (χ0n) is 17.4. The molecule has 2 heterocycles. The Morgan fingerprint density at radius 2 is 1.24 bits per heavy atom. The first-order chi connectivity index (χ1) is 16.3. The Kier molecular flexibility index (Phi) is 4.15. The molecule has 0 aliphatic carbocycles. The Bertz CT molecular complexity index is 1750. The lowest BCUT2D eigenvalue weighted by Gasteiger charge is -2.09. The van der Waals surface area contributed by atoms with Gasteiger partial charge in [0.2, 0.25) is 0 Å². The van der Waals surface area contributed by atoms with Gasteiger partial charge in [0.1, 0.15) is 5.52 Å². The van der Waals surface area contributed by atoms with Crippen LogP contribution in [0.25, 0.3) is 55.4 Å². The number of nitrogens with one attached hydrogen (secondary N) is 1. The maximum absolute atomic E-state index is 9.64. The van der Waals surface area contributed by atoms with Crippen molar-refractivity contribution in [3.8, 4) is 34.8 Å². The van der Waals surface area contributed by atoms with Crippen molar-refractivity contribution < 1.29 is 0 Å². The molecule has 2 aromatic heterocycles. The van der Waals surface area contributed by atoms with Crippen LogP contribution in [0, 0.1) is 22.7 Å². The third-order valence-electron chi connectivity index (χ3n) is 5.93. The summed E-state index contributed by atoms with van der Waals surface area (Å²) in [5.41, 5.74) is 5.82. The summed E-state index contributed by atoms with van der Waals surface area (Å²) in [6.45, 7) is 0. The van der Waals surface area contributed by atoms with E-state index in [9.17, 15) is 10.5 Å². The Morgan fingerprint density at radius 1 is 0.606 bits per heavy atom. The number of rotatable bonds is 2. The van der Waals surface area contributed by atoms with Gasteiger partial charge in [0.25, 0.3) is 0 Å². The number of fused-ring (bicyclic) bond motifs is 6. The normalized spacial score (nSPS) is 11.0. The fraction of sp³-hybridized carbons (Fsp3) is 0. The lowest BCUT2D eigenvalue weighted by atomic mass is 10.0. The molecule has 0 aliphatic rings. The van der Waals surface area contributed by atoms with Crippen LogP contribution in [0.5, 0.6) is 0 Å². The van der Waals surface area contributed by atoms with E-state index in [0.29, 0.717) is 22.5 Å². The topological polar surface area (TPSA) is 89.1 Å². The average molecular weight is 421 g/mol. The third kappa shape index (κ3) is 2.85. The molecule has 152 valence electrons. The molecule has 5 heteroatoms. The molecule has 33 heavy (non-hydrogen) atoms. The molecule has 0 radical (unpaired) electrons. The monoisotopic (exact) mass is 421 g/mol. The number of imidazole rings is 1. The van der Waals surface area contributed by atoms with Crippen LogP contribution in [-0.4, -0.2) is 15.0 Å². The Balaban J connectivity index is 1.72. The van der Waals surface area contributed by atoms with Crippen LogP contribution in [0.2, 0.25) is 0 Å². The molecule has 0 amide bonds. The molecule has 0 unspecified atom stereocenters. The van der Waals surface area contributed by atoms with Gasteiger partial charge in [-0.15, -0.1) is 0 Å². The lowest BCUT2D eigenvalue weighted by Crippen LogP contribution is -1.91. The number of nitrogens with zero attached hydrogens (tertiary/aromatic N) is 4. The minimum Gasteiger partial charge on any atom is -0.354 e. The van der Waals surface area contributed by atoms with E-state index in [-0.39, 0.29) is 0 Å². The lowest BCUT2D eigenvalue weighted by molar-refractivity contribution is 1.31. The third-order valence-corrected chi connectivity index (χ3v) is 5.93. The molecule has 0 aliphatic heterocycles. The second kappa shape index (κ2) is 7.30. The number of nitriles is 2. The molecule has 5 nitrogen and oxygen atoms in total. The van der Waals surface area contributed by atoms with Gasteiger partial charge in [0, 0.05) is 21.9 Å². The molecule has 0 saturated heterocycles. The SMILES string of the molecule is N#Cc1cccc(C#N)c1-c1nc2c3ccccc3c3[nH]c(-c4ccccc4)ccc3c2n1. The second-order valence-electron chi connectivity index (χ2n) is 7.77. The van der Waals surface area contributed by atoms with Crippen molar-refractivity contribution in [3.05, 3.63) is 96.1 Å². The van der Waals surface area contributed by atoms with E-state index in [0.717, 1.165) is 44.0 Å². The van der Waals surface area contributed by atoms with Gasteiger partial charge in [-0.1, -0.05) is 60.7 Å². The number of pyridine rings is 1. The van der Waals surface area contributed by atoms with Crippen molar-refractivity contribution in [2.75, 3.05) is 0 Å². The minimum atomic E-state index is 0.385. The van der Waals surface area contributed by atoms with E-state index in [1.165, 1.54) is 0 Å². The Hall–Kier alpha value is -5.00. The van der Waals surface area contributed by atoms with E-state index in [1.807, 2.05) is 42.5 Å². The minimum absolute atomic E-state index is 0.385. The number of H-pyrrole nitrogens is 1. The van der Waals surface area contributed by atoms with Crippen molar-refractivity contribution in [2.24, 2.45) is 0 Å². The van der Waals surface area contributed by atoms with Crippen molar-refractivity contribution in [3.63, 3.8) is 0 Å². The van der Waals surface area contributed by atoms with E-state index >= 15 is 0 Å². The maximum atomic E-state index is 9.64. The van der Waals surface area contributed by atoms with Gasteiger partial charge in [-0.05, 0) is 29.8 Å². The second-order valence-corrected chi connectivity index (χ2v) is 7.77. The van der Waals surface area contributed by atoms with Gasteiger partial charge in [-0.3, -0.25) is 0 Å². The highest BCUT2D eigenvalue weighted by molar-refractivity contribution is 6.22. The van der Waals surface area contributed by atoms with E-state index in [2.05, 4.69) is 41.4 Å². The van der Waals surface area contributed by atoms with Crippen LogP contribution in [0.4, 0.5) is 0 Å². The molecule has 0 atom stereocenters. The van der Waals surface area contributed by atoms with Crippen LogP contribution < -0.4 is 0 Å². The van der Waals surface area contributed by atoms with Crippen LogP contribution in [0.15, 0.2) is 84.9 Å². The molecule has 0 spiro atoms. The van der Waals surface area contributed by atoms with Crippen molar-refractivity contribution >= 4 is 32.7 Å². The predicted octanol–water partition coefficient (Wildman–Crippen LogP) is 6.34. The molecule has 1 N–H and O–H groups in total. The summed E-state index contributed by atoms with van der Waals surface area (Å²) in [4.78, 5) is 13.3. The van der Waals surface area contributed by atoms with Crippen LogP contribution in [0.3, 0.4) is 0 Å². The molecular formula is C28H15N5. The number of hydrogen-bond acceptors (Lipinski definition) is 4. The molecule has 0 saturated carbocycles. The van der Waals surface area contributed by atoms with E-state index < -0.39 is 0 Å². The highest BCUT2D eigenvalue weighted by Gasteiger charge is 2.19. The summed E-state index contributed by atoms with van der Waals surface area (Å²) in [5.74, 6) is 0.392. The van der Waals surface area contributed by atoms with Gasteiger partial charge in [-0.2, -0.15) is 10.5 Å². The predicted molar refractivity (Wildman–Crippen MR) is 129 cm³/mol. The fourth-order valence-corrected chi connectivity index (χ4v) is 4.41. The highest BCUT2D eigenvalue weighted by atomic mass is 14.9. The standard InChI is InChI=1S/C28H15N5/c29-15-18-9-6-10-19(16-30)24(18)28-32-26-21-12-5-4-11-20(21)25-22(27(26)33-28)13-14-23(31-25)17-7-2-1-3-8-17/h1-14,31H.